The van der Waals surface area contributed by atoms with Gasteiger partial charge in [-0.15, -0.1) is 11.3 Å². The predicted molar refractivity (Wildman–Crippen MR) is 95.8 cm³/mol. The molecule has 7 heteroatoms. The summed E-state index contributed by atoms with van der Waals surface area (Å²) >= 11 is 1.29. The predicted octanol–water partition coefficient (Wildman–Crippen LogP) is 4.49. The molecular formula is C18H11N3O3S. The molecule has 2 aromatic carbocycles. The Bertz CT molecular complexity index is 1000. The SMILES string of the molecule is N#CC(=Cc1ccc(O)cc1)c1nc(-c2cccc([N+](=O)[O-])c2)cs1. The van der Waals surface area contributed by atoms with Gasteiger partial charge in [-0.05, 0) is 23.8 Å². The molecule has 1 N–H and O–H groups in total. The summed E-state index contributed by atoms with van der Waals surface area (Å²) in [7, 11) is 0. The molecule has 0 atom stereocenters. The molecule has 0 unspecified atom stereocenters. The van der Waals surface area contributed by atoms with Crippen molar-refractivity contribution in [2.45, 2.75) is 0 Å². The van der Waals surface area contributed by atoms with Crippen LogP contribution in [0.5, 0.6) is 5.75 Å². The second-order valence-corrected chi connectivity index (χ2v) is 5.96. The summed E-state index contributed by atoms with van der Waals surface area (Å²) in [5.74, 6) is 0.151. The van der Waals surface area contributed by atoms with Crippen molar-refractivity contribution in [3.8, 4) is 23.1 Å². The van der Waals surface area contributed by atoms with Gasteiger partial charge in [0, 0.05) is 23.1 Å². The normalized spacial score (nSPS) is 11.1. The average molecular weight is 349 g/mol. The van der Waals surface area contributed by atoms with Crippen molar-refractivity contribution in [3.05, 3.63) is 74.6 Å². The third kappa shape index (κ3) is 3.71. The van der Waals surface area contributed by atoms with E-state index >= 15 is 0 Å². The van der Waals surface area contributed by atoms with Crippen LogP contribution in [0.1, 0.15) is 10.6 Å². The number of non-ortho nitro benzene ring substituents is 1. The van der Waals surface area contributed by atoms with E-state index in [4.69, 9.17) is 0 Å². The van der Waals surface area contributed by atoms with Crippen molar-refractivity contribution in [1.82, 2.24) is 4.98 Å². The molecule has 0 amide bonds. The fraction of sp³-hybridized carbons (Fsp3) is 0. The van der Waals surface area contributed by atoms with E-state index in [1.165, 1.54) is 35.6 Å². The van der Waals surface area contributed by atoms with Crippen molar-refractivity contribution in [2.24, 2.45) is 0 Å². The maximum atomic E-state index is 10.9. The van der Waals surface area contributed by atoms with Gasteiger partial charge in [0.2, 0.25) is 0 Å². The van der Waals surface area contributed by atoms with Gasteiger partial charge in [0.25, 0.3) is 5.69 Å². The number of rotatable bonds is 4. The van der Waals surface area contributed by atoms with Crippen LogP contribution in [-0.2, 0) is 0 Å². The highest BCUT2D eigenvalue weighted by atomic mass is 32.1. The number of thiazole rings is 1. The number of nitriles is 1. The summed E-state index contributed by atoms with van der Waals surface area (Å²) in [6, 6.07) is 14.8. The molecule has 1 heterocycles. The lowest BCUT2D eigenvalue weighted by atomic mass is 10.1. The van der Waals surface area contributed by atoms with Gasteiger partial charge in [-0.25, -0.2) is 4.98 Å². The second-order valence-electron chi connectivity index (χ2n) is 5.11. The zero-order valence-electron chi connectivity index (χ0n) is 12.8. The molecule has 1 aromatic heterocycles. The summed E-state index contributed by atoms with van der Waals surface area (Å²) in [6.45, 7) is 0. The molecule has 0 bridgehead atoms. The molecule has 3 aromatic rings. The fourth-order valence-corrected chi connectivity index (χ4v) is 2.98. The number of hydrogen-bond acceptors (Lipinski definition) is 6. The number of nitro groups is 1. The zero-order valence-corrected chi connectivity index (χ0v) is 13.6. The van der Waals surface area contributed by atoms with Gasteiger partial charge < -0.3 is 5.11 Å². The van der Waals surface area contributed by atoms with Gasteiger partial charge in [-0.2, -0.15) is 5.26 Å². The van der Waals surface area contributed by atoms with Crippen LogP contribution in [0.4, 0.5) is 5.69 Å². The molecule has 0 fully saturated rings. The minimum absolute atomic E-state index is 0.00723. The number of phenolic OH excluding ortho intramolecular Hbond substituents is 1. The van der Waals surface area contributed by atoms with E-state index in [1.54, 1.807) is 35.7 Å². The van der Waals surface area contributed by atoms with Crippen molar-refractivity contribution in [3.63, 3.8) is 0 Å². The average Bonchev–Trinajstić information content (AvgIpc) is 3.11. The third-order valence-electron chi connectivity index (χ3n) is 3.41. The Kier molecular flexibility index (Phi) is 4.55. The number of nitrogens with zero attached hydrogens (tertiary/aromatic N) is 3. The number of nitro benzene ring substituents is 1. The third-order valence-corrected chi connectivity index (χ3v) is 4.29. The molecule has 0 aliphatic heterocycles. The molecule has 0 saturated carbocycles. The molecular weight excluding hydrogens is 338 g/mol. The highest BCUT2D eigenvalue weighted by molar-refractivity contribution is 7.11. The topological polar surface area (TPSA) is 100 Å². The van der Waals surface area contributed by atoms with Crippen molar-refractivity contribution >= 4 is 28.7 Å². The smallest absolute Gasteiger partial charge is 0.270 e. The van der Waals surface area contributed by atoms with Gasteiger partial charge in [-0.1, -0.05) is 24.3 Å². The number of hydrogen-bond donors (Lipinski definition) is 1. The molecule has 122 valence electrons. The van der Waals surface area contributed by atoms with Crippen LogP contribution in [0.25, 0.3) is 22.9 Å². The lowest BCUT2D eigenvalue weighted by Crippen LogP contribution is -1.88. The standard InChI is InChI=1S/C18H11N3O3S/c19-10-14(8-12-4-6-16(22)7-5-12)18-20-17(11-25-18)13-2-1-3-15(9-13)21(23)24/h1-9,11,22H. The van der Waals surface area contributed by atoms with Crippen LogP contribution >= 0.6 is 11.3 Å². The van der Waals surface area contributed by atoms with Crippen LogP contribution in [0.15, 0.2) is 53.9 Å². The van der Waals surface area contributed by atoms with E-state index in [9.17, 15) is 20.5 Å². The maximum Gasteiger partial charge on any atom is 0.270 e. The lowest BCUT2D eigenvalue weighted by Gasteiger charge is -1.98. The summed E-state index contributed by atoms with van der Waals surface area (Å²) in [5, 5.41) is 31.9. The second kappa shape index (κ2) is 6.95. The molecule has 0 radical (unpaired) electrons. The monoisotopic (exact) mass is 349 g/mol. The first-order valence-corrected chi connectivity index (χ1v) is 8.06. The van der Waals surface area contributed by atoms with E-state index in [0.29, 0.717) is 21.8 Å². The van der Waals surface area contributed by atoms with Gasteiger partial charge in [-0.3, -0.25) is 10.1 Å². The fourth-order valence-electron chi connectivity index (χ4n) is 2.19. The molecule has 25 heavy (non-hydrogen) atoms. The molecule has 0 saturated heterocycles. The Morgan fingerprint density at radius 1 is 1.28 bits per heavy atom. The summed E-state index contributed by atoms with van der Waals surface area (Å²) in [5.41, 5.74) is 2.34. The molecule has 6 nitrogen and oxygen atoms in total. The van der Waals surface area contributed by atoms with Crippen LogP contribution in [0.2, 0.25) is 0 Å². The molecule has 0 aliphatic rings. The Hall–Kier alpha value is -3.50. The molecule has 0 aliphatic carbocycles. The first-order valence-electron chi connectivity index (χ1n) is 7.18. The Morgan fingerprint density at radius 3 is 2.72 bits per heavy atom. The van der Waals surface area contributed by atoms with Crippen LogP contribution in [0.3, 0.4) is 0 Å². The van der Waals surface area contributed by atoms with E-state index in [0.717, 1.165) is 5.56 Å². The minimum Gasteiger partial charge on any atom is -0.508 e. The summed E-state index contributed by atoms with van der Waals surface area (Å²) in [4.78, 5) is 14.9. The Labute approximate surface area is 147 Å². The highest BCUT2D eigenvalue weighted by Crippen LogP contribution is 2.29. The molecule has 3 rings (SSSR count). The molecule has 0 spiro atoms. The summed E-state index contributed by atoms with van der Waals surface area (Å²) in [6.07, 6.45) is 1.68. The van der Waals surface area contributed by atoms with E-state index < -0.39 is 4.92 Å². The van der Waals surface area contributed by atoms with E-state index in [-0.39, 0.29) is 11.4 Å². The minimum atomic E-state index is -0.456. The summed E-state index contributed by atoms with van der Waals surface area (Å²) < 4.78 is 0. The zero-order chi connectivity index (χ0) is 17.8. The van der Waals surface area contributed by atoms with Crippen LogP contribution in [0, 0.1) is 21.4 Å². The number of phenols is 1. The van der Waals surface area contributed by atoms with Gasteiger partial charge in [0.05, 0.1) is 16.2 Å². The number of aromatic nitrogens is 1. The quantitative estimate of drug-likeness (QED) is 0.425. The van der Waals surface area contributed by atoms with E-state index in [1.807, 2.05) is 0 Å². The van der Waals surface area contributed by atoms with Crippen LogP contribution < -0.4 is 0 Å². The first-order chi connectivity index (χ1) is 12.1. The van der Waals surface area contributed by atoms with Gasteiger partial charge in [0.1, 0.15) is 16.8 Å². The maximum absolute atomic E-state index is 10.9. The van der Waals surface area contributed by atoms with Gasteiger partial charge in [0.15, 0.2) is 0 Å². The van der Waals surface area contributed by atoms with Crippen molar-refractivity contribution < 1.29 is 10.0 Å². The largest absolute Gasteiger partial charge is 0.508 e. The first kappa shape index (κ1) is 16.4. The Balaban J connectivity index is 1.94. The van der Waals surface area contributed by atoms with Crippen molar-refractivity contribution in [2.75, 3.05) is 0 Å². The van der Waals surface area contributed by atoms with Crippen LogP contribution in [-0.4, -0.2) is 15.0 Å². The number of benzene rings is 2. The number of aromatic hydroxyl groups is 1. The van der Waals surface area contributed by atoms with E-state index in [2.05, 4.69) is 11.1 Å². The Morgan fingerprint density at radius 2 is 2.04 bits per heavy atom. The lowest BCUT2D eigenvalue weighted by molar-refractivity contribution is -0.384. The highest BCUT2D eigenvalue weighted by Gasteiger charge is 2.12. The number of allylic oxidation sites excluding steroid dienone is 1. The van der Waals surface area contributed by atoms with Crippen molar-refractivity contribution in [1.29, 1.82) is 5.26 Å². The van der Waals surface area contributed by atoms with Gasteiger partial charge >= 0.3 is 0 Å².